The third kappa shape index (κ3) is 2.40. The molecule has 1 N–H and O–H groups in total. The summed E-state index contributed by atoms with van der Waals surface area (Å²) >= 11 is 0. The Morgan fingerprint density at radius 3 is 2.85 bits per heavy atom. The highest BCUT2D eigenvalue weighted by molar-refractivity contribution is 6.03. The van der Waals surface area contributed by atoms with Crippen LogP contribution in [0.25, 0.3) is 10.9 Å². The third-order valence-electron chi connectivity index (χ3n) is 3.07. The molecular formula is C16H12FNO2. The number of para-hydroxylation sites is 1. The standard InChI is InChI=1S/C16H12FNO2/c17-12-5-3-4-11(8-12)10-20-16(19)14-9-18-15-7-2-1-6-13(14)15/h1-9,18H,10H2. The molecule has 0 unspecified atom stereocenters. The lowest BCUT2D eigenvalue weighted by Crippen LogP contribution is -2.04. The molecule has 0 saturated heterocycles. The summed E-state index contributed by atoms with van der Waals surface area (Å²) in [7, 11) is 0. The zero-order valence-electron chi connectivity index (χ0n) is 10.6. The maximum absolute atomic E-state index is 13.0. The van der Waals surface area contributed by atoms with Gasteiger partial charge in [0.25, 0.3) is 0 Å². The molecule has 0 aliphatic carbocycles. The van der Waals surface area contributed by atoms with Crippen LogP contribution in [0.2, 0.25) is 0 Å². The molecule has 4 heteroatoms. The van der Waals surface area contributed by atoms with Gasteiger partial charge in [0, 0.05) is 17.1 Å². The van der Waals surface area contributed by atoms with Crippen LogP contribution in [-0.4, -0.2) is 11.0 Å². The first-order chi connectivity index (χ1) is 9.74. The smallest absolute Gasteiger partial charge is 0.340 e. The SMILES string of the molecule is O=C(OCc1cccc(F)c1)c1c[nH]c2ccccc12. The van der Waals surface area contributed by atoms with Crippen molar-refractivity contribution < 1.29 is 13.9 Å². The predicted molar refractivity (Wildman–Crippen MR) is 73.8 cm³/mol. The Bertz CT molecular complexity index is 764. The van der Waals surface area contributed by atoms with Gasteiger partial charge < -0.3 is 9.72 Å². The zero-order chi connectivity index (χ0) is 13.9. The van der Waals surface area contributed by atoms with Crippen molar-refractivity contribution in [3.05, 3.63) is 71.7 Å². The number of hydrogen-bond donors (Lipinski definition) is 1. The highest BCUT2D eigenvalue weighted by atomic mass is 19.1. The fraction of sp³-hybridized carbons (Fsp3) is 0.0625. The second-order valence-electron chi connectivity index (χ2n) is 4.45. The minimum atomic E-state index is -0.424. The van der Waals surface area contributed by atoms with Gasteiger partial charge in [-0.15, -0.1) is 0 Å². The van der Waals surface area contributed by atoms with Crippen molar-refractivity contribution in [1.29, 1.82) is 0 Å². The number of fused-ring (bicyclic) bond motifs is 1. The number of esters is 1. The van der Waals surface area contributed by atoms with E-state index in [1.54, 1.807) is 18.3 Å². The second-order valence-corrected chi connectivity index (χ2v) is 4.45. The Kier molecular flexibility index (Phi) is 3.21. The number of H-pyrrole nitrogens is 1. The molecule has 0 aliphatic heterocycles. The molecule has 1 aromatic heterocycles. The van der Waals surface area contributed by atoms with E-state index in [0.29, 0.717) is 11.1 Å². The van der Waals surface area contributed by atoms with E-state index in [9.17, 15) is 9.18 Å². The number of ether oxygens (including phenoxy) is 1. The van der Waals surface area contributed by atoms with Crippen LogP contribution in [0.3, 0.4) is 0 Å². The number of nitrogens with one attached hydrogen (secondary N) is 1. The lowest BCUT2D eigenvalue weighted by molar-refractivity contribution is 0.0474. The lowest BCUT2D eigenvalue weighted by atomic mass is 10.2. The van der Waals surface area contributed by atoms with E-state index in [-0.39, 0.29) is 12.4 Å². The van der Waals surface area contributed by atoms with Crippen molar-refractivity contribution in [3.63, 3.8) is 0 Å². The topological polar surface area (TPSA) is 42.1 Å². The molecule has 20 heavy (non-hydrogen) atoms. The van der Waals surface area contributed by atoms with Gasteiger partial charge in [-0.2, -0.15) is 0 Å². The summed E-state index contributed by atoms with van der Waals surface area (Å²) in [5.41, 5.74) is 1.99. The molecule has 2 aromatic carbocycles. The highest BCUT2D eigenvalue weighted by Gasteiger charge is 2.13. The number of aromatic nitrogens is 1. The predicted octanol–water partition coefficient (Wildman–Crippen LogP) is 3.66. The normalized spacial score (nSPS) is 10.7. The van der Waals surface area contributed by atoms with Crippen molar-refractivity contribution >= 4 is 16.9 Å². The molecule has 3 rings (SSSR count). The highest BCUT2D eigenvalue weighted by Crippen LogP contribution is 2.19. The van der Waals surface area contributed by atoms with Crippen LogP contribution >= 0.6 is 0 Å². The molecule has 3 aromatic rings. The second kappa shape index (κ2) is 5.17. The monoisotopic (exact) mass is 269 g/mol. The number of aromatic amines is 1. The van der Waals surface area contributed by atoms with E-state index < -0.39 is 5.97 Å². The van der Waals surface area contributed by atoms with Crippen molar-refractivity contribution in [3.8, 4) is 0 Å². The quantitative estimate of drug-likeness (QED) is 0.737. The summed E-state index contributed by atoms with van der Waals surface area (Å²) in [6.45, 7) is 0.0517. The number of benzene rings is 2. The zero-order valence-corrected chi connectivity index (χ0v) is 10.6. The van der Waals surface area contributed by atoms with Crippen LogP contribution in [0, 0.1) is 5.82 Å². The van der Waals surface area contributed by atoms with Gasteiger partial charge >= 0.3 is 5.97 Å². The third-order valence-corrected chi connectivity index (χ3v) is 3.07. The molecule has 0 atom stereocenters. The summed E-state index contributed by atoms with van der Waals surface area (Å²) in [5, 5.41) is 0.816. The maximum atomic E-state index is 13.0. The van der Waals surface area contributed by atoms with Crippen LogP contribution in [0.5, 0.6) is 0 Å². The Hall–Kier alpha value is -2.62. The van der Waals surface area contributed by atoms with Crippen molar-refractivity contribution in [2.45, 2.75) is 6.61 Å². The molecule has 0 amide bonds. The van der Waals surface area contributed by atoms with Crippen molar-refractivity contribution in [2.24, 2.45) is 0 Å². The van der Waals surface area contributed by atoms with E-state index in [1.807, 2.05) is 24.3 Å². The van der Waals surface area contributed by atoms with Crippen LogP contribution in [-0.2, 0) is 11.3 Å². The van der Waals surface area contributed by atoms with Gasteiger partial charge in [0.2, 0.25) is 0 Å². The van der Waals surface area contributed by atoms with E-state index in [0.717, 1.165) is 10.9 Å². The fourth-order valence-corrected chi connectivity index (χ4v) is 2.09. The van der Waals surface area contributed by atoms with Crippen LogP contribution in [0.4, 0.5) is 4.39 Å². The first-order valence-electron chi connectivity index (χ1n) is 6.22. The van der Waals surface area contributed by atoms with Crippen molar-refractivity contribution in [1.82, 2.24) is 4.98 Å². The van der Waals surface area contributed by atoms with E-state index in [4.69, 9.17) is 4.74 Å². The lowest BCUT2D eigenvalue weighted by Gasteiger charge is -2.04. The van der Waals surface area contributed by atoms with Gasteiger partial charge in [0.1, 0.15) is 12.4 Å². The molecule has 0 fully saturated rings. The minimum Gasteiger partial charge on any atom is -0.457 e. The molecule has 1 heterocycles. The average molecular weight is 269 g/mol. The molecule has 0 radical (unpaired) electrons. The Morgan fingerprint density at radius 2 is 2.00 bits per heavy atom. The molecule has 100 valence electrons. The summed E-state index contributed by atoms with van der Waals surface area (Å²) in [6.07, 6.45) is 1.62. The molecular weight excluding hydrogens is 257 g/mol. The Balaban J connectivity index is 1.76. The number of hydrogen-bond acceptors (Lipinski definition) is 2. The van der Waals surface area contributed by atoms with Gasteiger partial charge in [0.15, 0.2) is 0 Å². The minimum absolute atomic E-state index is 0.0517. The molecule has 0 aliphatic rings. The van der Waals surface area contributed by atoms with Crippen LogP contribution in [0.15, 0.2) is 54.7 Å². The largest absolute Gasteiger partial charge is 0.457 e. The summed E-state index contributed by atoms with van der Waals surface area (Å²) < 4.78 is 18.2. The van der Waals surface area contributed by atoms with Gasteiger partial charge in [-0.3, -0.25) is 0 Å². The molecule has 0 saturated carbocycles. The van der Waals surface area contributed by atoms with E-state index >= 15 is 0 Å². The van der Waals surface area contributed by atoms with E-state index in [1.165, 1.54) is 12.1 Å². The van der Waals surface area contributed by atoms with E-state index in [2.05, 4.69) is 4.98 Å². The van der Waals surface area contributed by atoms with Crippen LogP contribution < -0.4 is 0 Å². The maximum Gasteiger partial charge on any atom is 0.340 e. The first kappa shape index (κ1) is 12.4. The Labute approximate surface area is 115 Å². The fourth-order valence-electron chi connectivity index (χ4n) is 2.09. The number of halogens is 1. The summed E-state index contributed by atoms with van der Waals surface area (Å²) in [6, 6.07) is 13.5. The summed E-state index contributed by atoms with van der Waals surface area (Å²) in [5.74, 6) is -0.766. The number of carbonyl (C=O) groups is 1. The van der Waals surface area contributed by atoms with Gasteiger partial charge in [-0.05, 0) is 23.8 Å². The molecule has 3 nitrogen and oxygen atoms in total. The first-order valence-corrected chi connectivity index (χ1v) is 6.22. The van der Waals surface area contributed by atoms with Gasteiger partial charge in [0.05, 0.1) is 5.56 Å². The van der Waals surface area contributed by atoms with Gasteiger partial charge in [-0.1, -0.05) is 30.3 Å². The summed E-state index contributed by atoms with van der Waals surface area (Å²) in [4.78, 5) is 15.1. The average Bonchev–Trinajstić information content (AvgIpc) is 2.89. The van der Waals surface area contributed by atoms with Gasteiger partial charge in [-0.25, -0.2) is 9.18 Å². The Morgan fingerprint density at radius 1 is 1.15 bits per heavy atom. The van der Waals surface area contributed by atoms with Crippen molar-refractivity contribution in [2.75, 3.05) is 0 Å². The van der Waals surface area contributed by atoms with Crippen LogP contribution in [0.1, 0.15) is 15.9 Å². The molecule has 0 spiro atoms. The number of carbonyl (C=O) groups excluding carboxylic acids is 1. The number of rotatable bonds is 3. The molecule has 0 bridgehead atoms.